The highest BCUT2D eigenvalue weighted by atomic mass is 32.2. The number of Topliss-reactive ketones (excluding diaryl/α,β-unsaturated/α-hetero) is 1. The molecule has 1 unspecified atom stereocenters. The van der Waals surface area contributed by atoms with E-state index in [0.29, 0.717) is 12.4 Å². The molecule has 1 heterocycles. The third-order valence-electron chi connectivity index (χ3n) is 2.70. The lowest BCUT2D eigenvalue weighted by atomic mass is 10.2. The highest BCUT2D eigenvalue weighted by Crippen LogP contribution is 2.24. The summed E-state index contributed by atoms with van der Waals surface area (Å²) in [5.74, 6) is 0.972. The van der Waals surface area contributed by atoms with Crippen molar-refractivity contribution in [2.24, 2.45) is 0 Å². The van der Waals surface area contributed by atoms with E-state index < -0.39 is 5.79 Å². The average Bonchev–Trinajstić information content (AvgIpc) is 2.70. The van der Waals surface area contributed by atoms with Crippen LogP contribution in [-0.4, -0.2) is 35.8 Å². The van der Waals surface area contributed by atoms with Gasteiger partial charge in [-0.3, -0.25) is 4.79 Å². The largest absolute Gasteiger partial charge is 0.348 e. The zero-order valence-corrected chi connectivity index (χ0v) is 11.5. The Morgan fingerprint density at radius 2 is 2.11 bits per heavy atom. The molecule has 0 aliphatic carbocycles. The maximum absolute atomic E-state index is 11.9. The minimum Gasteiger partial charge on any atom is -0.348 e. The Balaban J connectivity index is 1.72. The number of hydrogen-bond acceptors (Lipinski definition) is 4. The molecule has 0 radical (unpaired) electrons. The van der Waals surface area contributed by atoms with Crippen molar-refractivity contribution in [2.75, 3.05) is 18.1 Å². The molecule has 1 aromatic rings. The number of carbonyl (C=O) groups excluding carboxylic acids is 1. The summed E-state index contributed by atoms with van der Waals surface area (Å²) in [6.45, 7) is 4.43. The second-order valence-electron chi connectivity index (χ2n) is 4.76. The van der Waals surface area contributed by atoms with Crippen molar-refractivity contribution in [1.29, 1.82) is 0 Å². The van der Waals surface area contributed by atoms with Gasteiger partial charge in [-0.15, -0.1) is 0 Å². The Kier molecular flexibility index (Phi) is 4.43. The zero-order chi connectivity index (χ0) is 13.0. The van der Waals surface area contributed by atoms with Gasteiger partial charge in [-0.25, -0.2) is 0 Å². The summed E-state index contributed by atoms with van der Waals surface area (Å²) in [4.78, 5) is 11.9. The quantitative estimate of drug-likeness (QED) is 0.768. The van der Waals surface area contributed by atoms with E-state index in [4.69, 9.17) is 9.47 Å². The minimum atomic E-state index is -0.478. The first-order chi connectivity index (χ1) is 8.57. The third-order valence-corrected chi connectivity index (χ3v) is 3.77. The van der Waals surface area contributed by atoms with Crippen LogP contribution >= 0.6 is 11.8 Å². The van der Waals surface area contributed by atoms with Gasteiger partial charge in [-0.2, -0.15) is 11.8 Å². The van der Waals surface area contributed by atoms with Crippen LogP contribution in [0.2, 0.25) is 0 Å². The van der Waals surface area contributed by atoms with E-state index in [2.05, 4.69) is 0 Å². The second kappa shape index (κ2) is 5.87. The normalized spacial score (nSPS) is 22.0. The molecule has 3 nitrogen and oxygen atoms in total. The molecule has 1 fully saturated rings. The Morgan fingerprint density at radius 3 is 2.72 bits per heavy atom. The number of rotatable bonds is 5. The molecule has 1 atom stereocenters. The molecule has 1 aliphatic heterocycles. The van der Waals surface area contributed by atoms with Crippen molar-refractivity contribution in [1.82, 2.24) is 0 Å². The number of carbonyl (C=O) groups is 1. The summed E-state index contributed by atoms with van der Waals surface area (Å²) >= 11 is 1.60. The summed E-state index contributed by atoms with van der Waals surface area (Å²) in [7, 11) is 0. The van der Waals surface area contributed by atoms with E-state index in [9.17, 15) is 4.79 Å². The first-order valence-electron chi connectivity index (χ1n) is 6.04. The summed E-state index contributed by atoms with van der Waals surface area (Å²) in [6, 6.07) is 9.38. The van der Waals surface area contributed by atoms with Gasteiger partial charge in [0.1, 0.15) is 0 Å². The first-order valence-corrected chi connectivity index (χ1v) is 7.20. The van der Waals surface area contributed by atoms with E-state index in [1.165, 1.54) is 0 Å². The Bertz CT molecular complexity index is 403. The van der Waals surface area contributed by atoms with E-state index in [1.807, 2.05) is 44.2 Å². The van der Waals surface area contributed by atoms with Crippen molar-refractivity contribution in [3.8, 4) is 0 Å². The van der Waals surface area contributed by atoms with Crippen LogP contribution in [0.1, 0.15) is 24.2 Å². The predicted molar refractivity (Wildman–Crippen MR) is 73.0 cm³/mol. The molecule has 1 aromatic carbocycles. The molecule has 1 aliphatic rings. The summed E-state index contributed by atoms with van der Waals surface area (Å²) in [5.41, 5.74) is 0.772. The fourth-order valence-corrected chi connectivity index (χ4v) is 2.73. The van der Waals surface area contributed by atoms with Crippen LogP contribution in [0.3, 0.4) is 0 Å². The summed E-state index contributed by atoms with van der Waals surface area (Å²) in [6.07, 6.45) is 0.0913. The van der Waals surface area contributed by atoms with Crippen LogP contribution in [0.15, 0.2) is 30.3 Å². The van der Waals surface area contributed by atoms with Gasteiger partial charge in [0.15, 0.2) is 11.6 Å². The molecule has 0 saturated carbocycles. The van der Waals surface area contributed by atoms with Crippen LogP contribution in [0.5, 0.6) is 0 Å². The van der Waals surface area contributed by atoms with Crippen molar-refractivity contribution in [3.63, 3.8) is 0 Å². The monoisotopic (exact) mass is 266 g/mol. The third kappa shape index (κ3) is 3.83. The van der Waals surface area contributed by atoms with Gasteiger partial charge < -0.3 is 9.47 Å². The Hall–Kier alpha value is -0.840. The molecule has 18 heavy (non-hydrogen) atoms. The first kappa shape index (κ1) is 13.6. The molecule has 2 rings (SSSR count). The molecule has 0 spiro atoms. The van der Waals surface area contributed by atoms with E-state index in [-0.39, 0.29) is 11.9 Å². The topological polar surface area (TPSA) is 35.5 Å². The number of benzene rings is 1. The zero-order valence-electron chi connectivity index (χ0n) is 10.7. The van der Waals surface area contributed by atoms with E-state index in [1.54, 1.807) is 11.8 Å². The van der Waals surface area contributed by atoms with Crippen LogP contribution < -0.4 is 0 Å². The van der Waals surface area contributed by atoms with Gasteiger partial charge >= 0.3 is 0 Å². The van der Waals surface area contributed by atoms with Crippen molar-refractivity contribution in [3.05, 3.63) is 35.9 Å². The lowest BCUT2D eigenvalue weighted by Gasteiger charge is -2.16. The molecule has 0 aromatic heterocycles. The molecular weight excluding hydrogens is 248 g/mol. The molecule has 0 bridgehead atoms. The molecule has 1 saturated heterocycles. The fourth-order valence-electron chi connectivity index (χ4n) is 1.84. The van der Waals surface area contributed by atoms with Gasteiger partial charge in [0.2, 0.25) is 0 Å². The van der Waals surface area contributed by atoms with Crippen LogP contribution in [0.4, 0.5) is 0 Å². The molecule has 0 N–H and O–H groups in total. The van der Waals surface area contributed by atoms with Gasteiger partial charge in [0.05, 0.1) is 18.5 Å². The number of thioether (sulfide) groups is 1. The van der Waals surface area contributed by atoms with Gasteiger partial charge in [0.25, 0.3) is 0 Å². The van der Waals surface area contributed by atoms with Crippen molar-refractivity contribution < 1.29 is 14.3 Å². The molecule has 98 valence electrons. The maximum atomic E-state index is 11.9. The molecule has 0 amide bonds. The smallest absolute Gasteiger partial charge is 0.172 e. The highest BCUT2D eigenvalue weighted by molar-refractivity contribution is 8.00. The second-order valence-corrected chi connectivity index (χ2v) is 5.79. The van der Waals surface area contributed by atoms with Crippen LogP contribution in [-0.2, 0) is 9.47 Å². The molecular formula is C14H18O3S. The average molecular weight is 266 g/mol. The van der Waals surface area contributed by atoms with Crippen molar-refractivity contribution in [2.45, 2.75) is 25.7 Å². The van der Waals surface area contributed by atoms with Crippen LogP contribution in [0, 0.1) is 0 Å². The Labute approximate surface area is 112 Å². The van der Waals surface area contributed by atoms with Crippen LogP contribution in [0.25, 0.3) is 0 Å². The Morgan fingerprint density at radius 1 is 1.39 bits per heavy atom. The fraction of sp³-hybridized carbons (Fsp3) is 0.500. The van der Waals surface area contributed by atoms with Gasteiger partial charge in [-0.05, 0) is 13.8 Å². The number of hydrogen-bond donors (Lipinski definition) is 0. The number of ether oxygens (including phenoxy) is 2. The highest BCUT2D eigenvalue weighted by Gasteiger charge is 2.32. The SMILES string of the molecule is CC1(C)OCC(CSCC(=O)c2ccccc2)O1. The summed E-state index contributed by atoms with van der Waals surface area (Å²) in [5, 5.41) is 0. The van der Waals surface area contributed by atoms with Gasteiger partial charge in [-0.1, -0.05) is 30.3 Å². The van der Waals surface area contributed by atoms with E-state index in [0.717, 1.165) is 11.3 Å². The number of ketones is 1. The lowest BCUT2D eigenvalue weighted by Crippen LogP contribution is -2.22. The van der Waals surface area contributed by atoms with E-state index >= 15 is 0 Å². The summed E-state index contributed by atoms with van der Waals surface area (Å²) < 4.78 is 11.2. The van der Waals surface area contributed by atoms with Crippen molar-refractivity contribution >= 4 is 17.5 Å². The maximum Gasteiger partial charge on any atom is 0.172 e. The van der Waals surface area contributed by atoms with Gasteiger partial charge in [0, 0.05) is 11.3 Å². The lowest BCUT2D eigenvalue weighted by molar-refractivity contribution is -0.135. The predicted octanol–water partition coefficient (Wildman–Crippen LogP) is 2.75. The molecule has 4 heteroatoms. The standard InChI is InChI=1S/C14H18O3S/c1-14(2)16-8-12(17-14)9-18-10-13(15)11-6-4-3-5-7-11/h3-7,12H,8-10H2,1-2H3. The minimum absolute atomic E-state index is 0.0913.